The lowest BCUT2D eigenvalue weighted by molar-refractivity contribution is -0.0334. The van der Waals surface area contributed by atoms with Crippen LogP contribution in [-0.2, 0) is 5.60 Å². The number of aromatic nitrogens is 4. The van der Waals surface area contributed by atoms with Gasteiger partial charge < -0.3 is 20.1 Å². The smallest absolute Gasteiger partial charge is 0.316 e. The molecule has 0 radical (unpaired) electrons. The van der Waals surface area contributed by atoms with E-state index in [1.807, 2.05) is 55.5 Å². The molecule has 8 heteroatoms. The molecule has 180 valence electrons. The standard InChI is InChI=1S/C27H30N6O2/c1-27(34,20-11-14-33(2)15-12-20)24-9-6-19-17-29-25(16-23(19)31-24)30-21-7-4-18(5-8-21)22-10-13-28-26(32-22)35-3/h4-10,13,16-17,20,34H,11-12,14-15H2,1-3H3,(H,29,30)/t27-/m1/s1. The van der Waals surface area contributed by atoms with E-state index in [4.69, 9.17) is 9.72 Å². The monoisotopic (exact) mass is 470 g/mol. The number of hydrogen-bond acceptors (Lipinski definition) is 8. The number of nitrogens with zero attached hydrogens (tertiary/aromatic N) is 5. The molecule has 4 heterocycles. The third-order valence-corrected chi connectivity index (χ3v) is 6.87. The lowest BCUT2D eigenvalue weighted by Gasteiger charge is -2.38. The van der Waals surface area contributed by atoms with Gasteiger partial charge in [-0.3, -0.25) is 0 Å². The number of likely N-dealkylation sites (tertiary alicyclic amines) is 1. The highest BCUT2D eigenvalue weighted by molar-refractivity contribution is 5.81. The van der Waals surface area contributed by atoms with Gasteiger partial charge in [0.25, 0.3) is 0 Å². The van der Waals surface area contributed by atoms with Crippen molar-refractivity contribution in [2.75, 3.05) is 32.6 Å². The van der Waals surface area contributed by atoms with E-state index in [9.17, 15) is 5.11 Å². The highest BCUT2D eigenvalue weighted by atomic mass is 16.5. The number of ether oxygens (including phenoxy) is 1. The average molecular weight is 471 g/mol. The van der Waals surface area contributed by atoms with Gasteiger partial charge in [-0.1, -0.05) is 12.1 Å². The van der Waals surface area contributed by atoms with Crippen LogP contribution in [0.25, 0.3) is 22.2 Å². The second kappa shape index (κ2) is 9.56. The Bertz CT molecular complexity index is 1320. The minimum absolute atomic E-state index is 0.191. The van der Waals surface area contributed by atoms with Crippen molar-refractivity contribution in [2.45, 2.75) is 25.4 Å². The molecule has 1 aromatic carbocycles. The van der Waals surface area contributed by atoms with Crippen LogP contribution in [0.15, 0.2) is 60.9 Å². The van der Waals surface area contributed by atoms with E-state index in [1.54, 1.807) is 19.5 Å². The van der Waals surface area contributed by atoms with Gasteiger partial charge in [0.15, 0.2) is 0 Å². The predicted octanol–water partition coefficient (Wildman–Crippen LogP) is 4.39. The summed E-state index contributed by atoms with van der Waals surface area (Å²) < 4.78 is 5.12. The zero-order valence-electron chi connectivity index (χ0n) is 20.3. The van der Waals surface area contributed by atoms with Crippen LogP contribution in [0.5, 0.6) is 6.01 Å². The normalized spacial score (nSPS) is 16.7. The van der Waals surface area contributed by atoms with E-state index in [1.165, 1.54) is 0 Å². The minimum atomic E-state index is -0.966. The number of fused-ring (bicyclic) bond motifs is 1. The molecule has 0 unspecified atom stereocenters. The minimum Gasteiger partial charge on any atom is -0.467 e. The Hall–Kier alpha value is -3.62. The Morgan fingerprint density at radius 3 is 2.54 bits per heavy atom. The first-order chi connectivity index (χ1) is 16.9. The van der Waals surface area contributed by atoms with Crippen LogP contribution in [0.4, 0.5) is 11.5 Å². The summed E-state index contributed by atoms with van der Waals surface area (Å²) in [6.45, 7) is 3.89. The molecule has 1 aliphatic heterocycles. The van der Waals surface area contributed by atoms with Crippen molar-refractivity contribution in [3.63, 3.8) is 0 Å². The van der Waals surface area contributed by atoms with E-state index >= 15 is 0 Å². The summed E-state index contributed by atoms with van der Waals surface area (Å²) in [7, 11) is 3.68. The molecule has 4 aromatic rings. The predicted molar refractivity (Wildman–Crippen MR) is 137 cm³/mol. The molecule has 1 atom stereocenters. The van der Waals surface area contributed by atoms with Gasteiger partial charge in [0.2, 0.25) is 0 Å². The summed E-state index contributed by atoms with van der Waals surface area (Å²) in [5.74, 6) is 0.883. The summed E-state index contributed by atoms with van der Waals surface area (Å²) in [5, 5.41) is 15.7. The average Bonchev–Trinajstić information content (AvgIpc) is 2.89. The largest absolute Gasteiger partial charge is 0.467 e. The first kappa shape index (κ1) is 23.1. The van der Waals surface area contributed by atoms with Crippen molar-refractivity contribution in [2.24, 2.45) is 5.92 Å². The van der Waals surface area contributed by atoms with Gasteiger partial charge in [-0.15, -0.1) is 0 Å². The van der Waals surface area contributed by atoms with Crippen LogP contribution in [0.1, 0.15) is 25.5 Å². The number of anilines is 2. The topological polar surface area (TPSA) is 96.3 Å². The number of nitrogens with one attached hydrogen (secondary N) is 1. The quantitative estimate of drug-likeness (QED) is 0.428. The van der Waals surface area contributed by atoms with Gasteiger partial charge in [0.1, 0.15) is 11.4 Å². The molecule has 2 N–H and O–H groups in total. The second-order valence-electron chi connectivity index (χ2n) is 9.31. The van der Waals surface area contributed by atoms with Crippen LogP contribution in [0.3, 0.4) is 0 Å². The van der Waals surface area contributed by atoms with E-state index in [0.717, 1.165) is 53.8 Å². The number of hydrogen-bond donors (Lipinski definition) is 2. The number of methoxy groups -OCH3 is 1. The number of rotatable bonds is 6. The summed E-state index contributed by atoms with van der Waals surface area (Å²) >= 11 is 0. The first-order valence-electron chi connectivity index (χ1n) is 11.8. The van der Waals surface area contributed by atoms with Crippen LogP contribution >= 0.6 is 0 Å². The molecule has 0 aliphatic carbocycles. The van der Waals surface area contributed by atoms with Crippen molar-refractivity contribution >= 4 is 22.4 Å². The van der Waals surface area contributed by atoms with Crippen LogP contribution in [-0.4, -0.2) is 57.2 Å². The zero-order chi connectivity index (χ0) is 24.4. The summed E-state index contributed by atoms with van der Waals surface area (Å²) in [5.41, 5.74) is 3.20. The lowest BCUT2D eigenvalue weighted by atomic mass is 9.79. The van der Waals surface area contributed by atoms with Crippen LogP contribution in [0.2, 0.25) is 0 Å². The van der Waals surface area contributed by atoms with Gasteiger partial charge >= 0.3 is 6.01 Å². The highest BCUT2D eigenvalue weighted by Gasteiger charge is 2.36. The fourth-order valence-corrected chi connectivity index (χ4v) is 4.62. The Kier molecular flexibility index (Phi) is 6.32. The number of piperidine rings is 1. The van der Waals surface area contributed by atoms with Crippen molar-refractivity contribution in [3.8, 4) is 17.3 Å². The molecule has 8 nitrogen and oxygen atoms in total. The molecular formula is C27H30N6O2. The fraction of sp³-hybridized carbons (Fsp3) is 0.333. The van der Waals surface area contributed by atoms with Crippen molar-refractivity contribution < 1.29 is 9.84 Å². The molecule has 0 spiro atoms. The van der Waals surface area contributed by atoms with Crippen LogP contribution in [0, 0.1) is 5.92 Å². The summed E-state index contributed by atoms with van der Waals surface area (Å²) in [4.78, 5) is 20.1. The van der Waals surface area contributed by atoms with Gasteiger partial charge in [-0.25, -0.2) is 15.0 Å². The maximum atomic E-state index is 11.4. The van der Waals surface area contributed by atoms with E-state index in [0.29, 0.717) is 17.5 Å². The van der Waals surface area contributed by atoms with Crippen molar-refractivity contribution in [3.05, 3.63) is 66.6 Å². The maximum absolute atomic E-state index is 11.4. The molecule has 1 fully saturated rings. The zero-order valence-corrected chi connectivity index (χ0v) is 20.3. The molecule has 5 rings (SSSR count). The van der Waals surface area contributed by atoms with E-state index in [-0.39, 0.29) is 5.92 Å². The van der Waals surface area contributed by atoms with Crippen molar-refractivity contribution in [1.82, 2.24) is 24.8 Å². The number of pyridine rings is 2. The molecular weight excluding hydrogens is 440 g/mol. The molecule has 3 aromatic heterocycles. The molecule has 0 saturated carbocycles. The summed E-state index contributed by atoms with van der Waals surface area (Å²) in [6.07, 6.45) is 5.41. The number of aliphatic hydroxyl groups is 1. The van der Waals surface area contributed by atoms with E-state index < -0.39 is 5.60 Å². The Labute approximate surface area is 205 Å². The molecule has 0 amide bonds. The van der Waals surface area contributed by atoms with E-state index in [2.05, 4.69) is 32.2 Å². The molecule has 35 heavy (non-hydrogen) atoms. The molecule has 0 bridgehead atoms. The first-order valence-corrected chi connectivity index (χ1v) is 11.8. The molecule has 1 aliphatic rings. The number of benzene rings is 1. The maximum Gasteiger partial charge on any atom is 0.316 e. The molecule has 1 saturated heterocycles. The van der Waals surface area contributed by atoms with Gasteiger partial charge in [0.05, 0.1) is 24.0 Å². The van der Waals surface area contributed by atoms with Gasteiger partial charge in [0, 0.05) is 35.1 Å². The summed E-state index contributed by atoms with van der Waals surface area (Å²) in [6, 6.07) is 16.0. The SMILES string of the molecule is COc1nccc(-c2ccc(Nc3cc4nc([C@](C)(O)C5CCN(C)CC5)ccc4cn3)cc2)n1. The lowest BCUT2D eigenvalue weighted by Crippen LogP contribution is -2.41. The highest BCUT2D eigenvalue weighted by Crippen LogP contribution is 2.36. The van der Waals surface area contributed by atoms with Crippen molar-refractivity contribution in [1.29, 1.82) is 0 Å². The van der Waals surface area contributed by atoms with Crippen LogP contribution < -0.4 is 10.1 Å². The third-order valence-electron chi connectivity index (χ3n) is 6.87. The Balaban J connectivity index is 1.35. The Morgan fingerprint density at radius 1 is 1.03 bits per heavy atom. The fourth-order valence-electron chi connectivity index (χ4n) is 4.62. The van der Waals surface area contributed by atoms with Gasteiger partial charge in [-0.2, -0.15) is 4.98 Å². The third kappa shape index (κ3) is 4.94. The second-order valence-corrected chi connectivity index (χ2v) is 9.31. The van der Waals surface area contributed by atoms with Gasteiger partial charge in [-0.05, 0) is 76.2 Å². The Morgan fingerprint density at radius 2 is 1.80 bits per heavy atom.